The first-order valence-electron chi connectivity index (χ1n) is 8.40. The van der Waals surface area contributed by atoms with E-state index in [1.165, 1.54) is 35.2 Å². The van der Waals surface area contributed by atoms with Gasteiger partial charge in [0.15, 0.2) is 6.61 Å². The molecule has 0 aliphatic carbocycles. The summed E-state index contributed by atoms with van der Waals surface area (Å²) in [4.78, 5) is 28.6. The van der Waals surface area contributed by atoms with Crippen LogP contribution in [0.25, 0.3) is 0 Å². The molecule has 3 aromatic rings. The Morgan fingerprint density at radius 3 is 2.43 bits per heavy atom. The maximum Gasteiger partial charge on any atom is 0.269 e. The number of benzene rings is 2. The van der Waals surface area contributed by atoms with Gasteiger partial charge in [0, 0.05) is 18.3 Å². The Hall–Kier alpha value is -3.94. The van der Waals surface area contributed by atoms with Gasteiger partial charge in [-0.3, -0.25) is 24.8 Å². The normalized spacial score (nSPS) is 10.3. The number of rotatable bonds is 7. The SMILES string of the molecule is O=C(COc1ccc([N+](=O)[O-])cc1)N(Cc1ccccn1)c1ccccc1O. The minimum absolute atomic E-state index is 0.0397. The molecule has 1 N–H and O–H groups in total. The third-order valence-corrected chi connectivity index (χ3v) is 3.93. The van der Waals surface area contributed by atoms with Crippen molar-refractivity contribution in [2.45, 2.75) is 6.54 Å². The van der Waals surface area contributed by atoms with E-state index in [4.69, 9.17) is 4.74 Å². The van der Waals surface area contributed by atoms with E-state index in [2.05, 4.69) is 4.98 Å². The second-order valence-electron chi connectivity index (χ2n) is 5.83. The van der Waals surface area contributed by atoms with Crippen LogP contribution in [0, 0.1) is 10.1 Å². The number of nitrogens with zero attached hydrogens (tertiary/aromatic N) is 3. The molecule has 28 heavy (non-hydrogen) atoms. The second-order valence-corrected chi connectivity index (χ2v) is 5.83. The first kappa shape index (κ1) is 18.8. The van der Waals surface area contributed by atoms with Gasteiger partial charge in [0.1, 0.15) is 11.5 Å². The number of hydrogen-bond donors (Lipinski definition) is 1. The van der Waals surface area contributed by atoms with Crippen molar-refractivity contribution in [1.29, 1.82) is 0 Å². The minimum Gasteiger partial charge on any atom is -0.506 e. The summed E-state index contributed by atoms with van der Waals surface area (Å²) in [6.07, 6.45) is 1.62. The zero-order chi connectivity index (χ0) is 19.9. The zero-order valence-electron chi connectivity index (χ0n) is 14.8. The highest BCUT2D eigenvalue weighted by Crippen LogP contribution is 2.28. The van der Waals surface area contributed by atoms with E-state index in [0.29, 0.717) is 17.1 Å². The minimum atomic E-state index is -0.512. The number of carbonyl (C=O) groups excluding carboxylic acids is 1. The number of carbonyl (C=O) groups is 1. The summed E-state index contributed by atoms with van der Waals surface area (Å²) in [5, 5.41) is 20.9. The highest BCUT2D eigenvalue weighted by Gasteiger charge is 2.20. The average molecular weight is 379 g/mol. The van der Waals surface area contributed by atoms with Crippen molar-refractivity contribution >= 4 is 17.3 Å². The lowest BCUT2D eigenvalue weighted by molar-refractivity contribution is -0.384. The highest BCUT2D eigenvalue weighted by molar-refractivity contribution is 5.95. The smallest absolute Gasteiger partial charge is 0.269 e. The van der Waals surface area contributed by atoms with E-state index in [0.717, 1.165) is 0 Å². The van der Waals surface area contributed by atoms with Gasteiger partial charge < -0.3 is 9.84 Å². The number of ether oxygens (including phenoxy) is 1. The molecule has 8 heteroatoms. The summed E-state index contributed by atoms with van der Waals surface area (Å²) in [6, 6.07) is 17.3. The number of nitro groups is 1. The Balaban J connectivity index is 1.76. The van der Waals surface area contributed by atoms with Crippen LogP contribution >= 0.6 is 0 Å². The predicted molar refractivity (Wildman–Crippen MR) is 102 cm³/mol. The van der Waals surface area contributed by atoms with Gasteiger partial charge >= 0.3 is 0 Å². The quantitative estimate of drug-likeness (QED) is 0.499. The van der Waals surface area contributed by atoms with Gasteiger partial charge in [-0.25, -0.2) is 0 Å². The first-order valence-corrected chi connectivity index (χ1v) is 8.40. The van der Waals surface area contributed by atoms with Crippen LogP contribution in [0.3, 0.4) is 0 Å². The summed E-state index contributed by atoms with van der Waals surface area (Å²) in [5.41, 5.74) is 0.921. The van der Waals surface area contributed by atoms with Crippen LogP contribution in [-0.4, -0.2) is 27.5 Å². The molecule has 3 rings (SSSR count). The van der Waals surface area contributed by atoms with E-state index in [1.54, 1.807) is 36.5 Å². The standard InChI is InChI=1S/C20H17N3O5/c24-19-7-2-1-6-18(19)22(13-15-5-3-4-12-21-15)20(25)14-28-17-10-8-16(9-11-17)23(26)27/h1-12,24H,13-14H2. The summed E-state index contributed by atoms with van der Waals surface area (Å²) >= 11 is 0. The molecule has 0 atom stereocenters. The predicted octanol–water partition coefficient (Wildman–Crippen LogP) is 3.31. The van der Waals surface area contributed by atoms with Crippen LogP contribution in [-0.2, 0) is 11.3 Å². The Kier molecular flexibility index (Phi) is 5.81. The fourth-order valence-corrected chi connectivity index (χ4v) is 2.54. The van der Waals surface area contributed by atoms with Gasteiger partial charge in [0.2, 0.25) is 0 Å². The first-order chi connectivity index (χ1) is 13.5. The van der Waals surface area contributed by atoms with Crippen molar-refractivity contribution in [3.63, 3.8) is 0 Å². The van der Waals surface area contributed by atoms with Crippen molar-refractivity contribution in [2.75, 3.05) is 11.5 Å². The lowest BCUT2D eigenvalue weighted by atomic mass is 10.2. The number of aromatic hydroxyl groups is 1. The number of anilines is 1. The van der Waals surface area contributed by atoms with E-state index in [9.17, 15) is 20.0 Å². The fraction of sp³-hybridized carbons (Fsp3) is 0.100. The maximum atomic E-state index is 12.8. The van der Waals surface area contributed by atoms with Gasteiger partial charge in [-0.2, -0.15) is 0 Å². The highest BCUT2D eigenvalue weighted by atomic mass is 16.6. The summed E-state index contributed by atoms with van der Waals surface area (Å²) in [6.45, 7) is -0.153. The largest absolute Gasteiger partial charge is 0.506 e. The number of non-ortho nitro benzene ring substituents is 1. The molecule has 0 saturated heterocycles. The van der Waals surface area contributed by atoms with Gasteiger partial charge in [-0.15, -0.1) is 0 Å². The molecule has 0 spiro atoms. The van der Waals surface area contributed by atoms with Crippen LogP contribution in [0.5, 0.6) is 11.5 Å². The summed E-state index contributed by atoms with van der Waals surface area (Å²) < 4.78 is 5.47. The number of pyridine rings is 1. The van der Waals surface area contributed by atoms with Gasteiger partial charge in [0.25, 0.3) is 11.6 Å². The number of phenolic OH excluding ortho intramolecular Hbond substituents is 1. The Morgan fingerprint density at radius 2 is 1.79 bits per heavy atom. The zero-order valence-corrected chi connectivity index (χ0v) is 14.8. The number of para-hydroxylation sites is 2. The number of phenols is 1. The second kappa shape index (κ2) is 8.63. The Labute approximate surface area is 160 Å². The maximum absolute atomic E-state index is 12.8. The topological polar surface area (TPSA) is 106 Å². The van der Waals surface area contributed by atoms with E-state index < -0.39 is 10.8 Å². The monoisotopic (exact) mass is 379 g/mol. The lowest BCUT2D eigenvalue weighted by Gasteiger charge is -2.23. The van der Waals surface area contributed by atoms with Crippen molar-refractivity contribution in [3.8, 4) is 11.5 Å². The molecule has 0 aliphatic heterocycles. The molecule has 0 bridgehead atoms. The van der Waals surface area contributed by atoms with Crippen molar-refractivity contribution in [2.24, 2.45) is 0 Å². The molecule has 1 heterocycles. The summed E-state index contributed by atoms with van der Waals surface area (Å²) in [5.74, 6) is -0.110. The number of amides is 1. The molecule has 1 amide bonds. The number of aromatic nitrogens is 1. The van der Waals surface area contributed by atoms with Crippen molar-refractivity contribution in [1.82, 2.24) is 4.98 Å². The van der Waals surface area contributed by atoms with Gasteiger partial charge in [-0.05, 0) is 36.4 Å². The molecule has 1 aromatic heterocycles. The molecule has 142 valence electrons. The van der Waals surface area contributed by atoms with Gasteiger partial charge in [-0.1, -0.05) is 18.2 Å². The molecule has 0 aliphatic rings. The third kappa shape index (κ3) is 4.61. The average Bonchev–Trinajstić information content (AvgIpc) is 2.72. The Bertz CT molecular complexity index is 961. The molecule has 0 unspecified atom stereocenters. The van der Waals surface area contributed by atoms with Crippen molar-refractivity contribution < 1.29 is 19.6 Å². The van der Waals surface area contributed by atoms with Crippen LogP contribution in [0.4, 0.5) is 11.4 Å². The van der Waals surface area contributed by atoms with E-state index >= 15 is 0 Å². The van der Waals surface area contributed by atoms with Crippen molar-refractivity contribution in [3.05, 3.63) is 88.7 Å². The molecule has 0 radical (unpaired) electrons. The van der Waals surface area contributed by atoms with Crippen LogP contribution in [0.15, 0.2) is 72.9 Å². The van der Waals surface area contributed by atoms with Gasteiger partial charge in [0.05, 0.1) is 22.8 Å². The van der Waals surface area contributed by atoms with E-state index in [-0.39, 0.29) is 24.6 Å². The van der Waals surface area contributed by atoms with Crippen LogP contribution < -0.4 is 9.64 Å². The molecule has 2 aromatic carbocycles. The Morgan fingerprint density at radius 1 is 1.07 bits per heavy atom. The fourth-order valence-electron chi connectivity index (χ4n) is 2.54. The number of nitro benzene ring substituents is 1. The van der Waals surface area contributed by atoms with Crippen LogP contribution in [0.2, 0.25) is 0 Å². The molecule has 8 nitrogen and oxygen atoms in total. The van der Waals surface area contributed by atoms with Crippen LogP contribution in [0.1, 0.15) is 5.69 Å². The number of hydrogen-bond acceptors (Lipinski definition) is 6. The van der Waals surface area contributed by atoms with E-state index in [1.807, 2.05) is 6.07 Å². The molecular weight excluding hydrogens is 362 g/mol. The molecule has 0 fully saturated rings. The third-order valence-electron chi connectivity index (χ3n) is 3.93. The lowest BCUT2D eigenvalue weighted by Crippen LogP contribution is -2.34. The summed E-state index contributed by atoms with van der Waals surface area (Å²) in [7, 11) is 0. The molecular formula is C20H17N3O5. The molecule has 0 saturated carbocycles.